The Labute approximate surface area is 130 Å². The fraction of sp³-hybridized carbons (Fsp3) is 0.429. The van der Waals surface area contributed by atoms with E-state index in [9.17, 15) is 18.0 Å². The number of carboxylic acid groups (broad SMARTS) is 1. The Morgan fingerprint density at radius 1 is 1.14 bits per heavy atom. The van der Waals surface area contributed by atoms with Gasteiger partial charge in [0.15, 0.2) is 0 Å². The van der Waals surface area contributed by atoms with E-state index in [1.807, 2.05) is 0 Å². The maximum absolute atomic E-state index is 12.3. The Morgan fingerprint density at radius 3 is 2.14 bits per heavy atom. The number of carbonyl (C=O) groups excluding carboxylic acids is 1. The van der Waals surface area contributed by atoms with Crippen molar-refractivity contribution in [1.82, 2.24) is 9.62 Å². The first-order chi connectivity index (χ1) is 10.3. The van der Waals surface area contributed by atoms with E-state index in [4.69, 9.17) is 5.11 Å². The standard InChI is InChI=1S/C14H20N2O5S/c1-3-16(4-2)22(20,21)12-7-5-11(6-8-12)14(19)15-10-9-13(17)18/h5-8H,3-4,9-10H2,1-2H3,(H,15,19)(H,17,18). The highest BCUT2D eigenvalue weighted by Gasteiger charge is 2.21. The number of hydrogen-bond donors (Lipinski definition) is 2. The van der Waals surface area contributed by atoms with Crippen LogP contribution >= 0.6 is 0 Å². The summed E-state index contributed by atoms with van der Waals surface area (Å²) in [5.41, 5.74) is 0.281. The molecule has 0 aliphatic carbocycles. The van der Waals surface area contributed by atoms with E-state index >= 15 is 0 Å². The molecule has 0 unspecified atom stereocenters. The minimum absolute atomic E-state index is 0.0215. The predicted octanol–water partition coefficient (Wildman–Crippen LogP) is 0.922. The quantitative estimate of drug-likeness (QED) is 0.738. The molecule has 0 spiro atoms. The van der Waals surface area contributed by atoms with Gasteiger partial charge in [-0.05, 0) is 24.3 Å². The predicted molar refractivity (Wildman–Crippen MR) is 81.1 cm³/mol. The third-order valence-electron chi connectivity index (χ3n) is 3.08. The van der Waals surface area contributed by atoms with Crippen molar-refractivity contribution in [2.24, 2.45) is 0 Å². The molecule has 0 saturated heterocycles. The number of carbonyl (C=O) groups is 2. The van der Waals surface area contributed by atoms with Crippen LogP contribution in [-0.4, -0.2) is 49.3 Å². The summed E-state index contributed by atoms with van der Waals surface area (Å²) < 4.78 is 25.9. The summed E-state index contributed by atoms with van der Waals surface area (Å²) in [5, 5.41) is 11.0. The third kappa shape index (κ3) is 4.54. The van der Waals surface area contributed by atoms with Crippen molar-refractivity contribution in [2.45, 2.75) is 25.2 Å². The molecule has 0 saturated carbocycles. The summed E-state index contributed by atoms with van der Waals surface area (Å²) in [6.07, 6.45) is -0.167. The molecule has 0 atom stereocenters. The topological polar surface area (TPSA) is 104 Å². The first-order valence-electron chi connectivity index (χ1n) is 6.93. The molecular formula is C14H20N2O5S. The van der Waals surface area contributed by atoms with Crippen LogP contribution in [-0.2, 0) is 14.8 Å². The Morgan fingerprint density at radius 2 is 1.68 bits per heavy atom. The summed E-state index contributed by atoms with van der Waals surface area (Å²) >= 11 is 0. The molecule has 0 aromatic heterocycles. The van der Waals surface area contributed by atoms with Gasteiger partial charge in [-0.1, -0.05) is 13.8 Å². The van der Waals surface area contributed by atoms with E-state index in [-0.39, 0.29) is 23.4 Å². The van der Waals surface area contributed by atoms with Crippen LogP contribution in [0.3, 0.4) is 0 Å². The summed E-state index contributed by atoms with van der Waals surface area (Å²) in [7, 11) is -3.55. The molecule has 0 heterocycles. The van der Waals surface area contributed by atoms with Gasteiger partial charge in [0.2, 0.25) is 10.0 Å². The molecule has 0 fully saturated rings. The zero-order valence-corrected chi connectivity index (χ0v) is 13.4. The average molecular weight is 328 g/mol. The van der Waals surface area contributed by atoms with Gasteiger partial charge in [-0.2, -0.15) is 4.31 Å². The van der Waals surface area contributed by atoms with Crippen LogP contribution < -0.4 is 5.32 Å². The van der Waals surface area contributed by atoms with Crippen molar-refractivity contribution in [3.8, 4) is 0 Å². The highest BCUT2D eigenvalue weighted by Crippen LogP contribution is 2.16. The van der Waals surface area contributed by atoms with Crippen LogP contribution in [0.4, 0.5) is 0 Å². The monoisotopic (exact) mass is 328 g/mol. The summed E-state index contributed by atoms with van der Waals surface area (Å²) in [6.45, 7) is 4.27. The molecule has 0 radical (unpaired) electrons. The Balaban J connectivity index is 2.82. The van der Waals surface area contributed by atoms with Crippen molar-refractivity contribution in [3.05, 3.63) is 29.8 Å². The molecule has 0 bridgehead atoms. The molecule has 1 aromatic carbocycles. The van der Waals surface area contributed by atoms with Crippen molar-refractivity contribution in [2.75, 3.05) is 19.6 Å². The molecular weight excluding hydrogens is 308 g/mol. The van der Waals surface area contributed by atoms with Crippen molar-refractivity contribution >= 4 is 21.9 Å². The maximum Gasteiger partial charge on any atom is 0.305 e. The lowest BCUT2D eigenvalue weighted by Gasteiger charge is -2.18. The van der Waals surface area contributed by atoms with Gasteiger partial charge < -0.3 is 10.4 Å². The van der Waals surface area contributed by atoms with E-state index in [0.717, 1.165) is 0 Å². The van der Waals surface area contributed by atoms with Crippen LogP contribution in [0.2, 0.25) is 0 Å². The van der Waals surface area contributed by atoms with Gasteiger partial charge in [-0.25, -0.2) is 8.42 Å². The SMILES string of the molecule is CCN(CC)S(=O)(=O)c1ccc(C(=O)NCCC(=O)O)cc1. The molecule has 122 valence electrons. The van der Waals surface area contributed by atoms with Crippen LogP contribution in [0.1, 0.15) is 30.6 Å². The van der Waals surface area contributed by atoms with Gasteiger partial charge in [0.1, 0.15) is 0 Å². The van der Waals surface area contributed by atoms with Gasteiger partial charge in [0.25, 0.3) is 5.91 Å². The van der Waals surface area contributed by atoms with Crippen LogP contribution in [0.25, 0.3) is 0 Å². The second-order valence-electron chi connectivity index (χ2n) is 4.51. The van der Waals surface area contributed by atoms with Crippen molar-refractivity contribution in [1.29, 1.82) is 0 Å². The molecule has 1 amide bonds. The second kappa shape index (κ2) is 7.90. The van der Waals surface area contributed by atoms with Gasteiger partial charge >= 0.3 is 5.97 Å². The lowest BCUT2D eigenvalue weighted by Crippen LogP contribution is -2.30. The molecule has 7 nitrogen and oxygen atoms in total. The van der Waals surface area contributed by atoms with Gasteiger partial charge in [0.05, 0.1) is 11.3 Å². The number of rotatable bonds is 8. The van der Waals surface area contributed by atoms with E-state index in [1.165, 1.54) is 28.6 Å². The largest absolute Gasteiger partial charge is 0.481 e. The first kappa shape index (κ1) is 18.1. The van der Waals surface area contributed by atoms with E-state index in [0.29, 0.717) is 13.1 Å². The molecule has 0 aliphatic heterocycles. The zero-order chi connectivity index (χ0) is 16.8. The highest BCUT2D eigenvalue weighted by molar-refractivity contribution is 7.89. The Kier molecular flexibility index (Phi) is 6.51. The number of nitrogens with zero attached hydrogens (tertiary/aromatic N) is 1. The smallest absolute Gasteiger partial charge is 0.305 e. The van der Waals surface area contributed by atoms with Gasteiger partial charge in [0, 0.05) is 25.2 Å². The normalized spacial score (nSPS) is 11.4. The lowest BCUT2D eigenvalue weighted by molar-refractivity contribution is -0.136. The minimum atomic E-state index is -3.55. The summed E-state index contributed by atoms with van der Waals surface area (Å²) in [5.74, 6) is -1.44. The number of aliphatic carboxylic acids is 1. The number of amides is 1. The van der Waals surface area contributed by atoms with Crippen LogP contribution in [0, 0.1) is 0 Å². The molecule has 22 heavy (non-hydrogen) atoms. The Bertz CT molecular complexity index is 621. The van der Waals surface area contributed by atoms with Crippen LogP contribution in [0.5, 0.6) is 0 Å². The number of carboxylic acids is 1. The van der Waals surface area contributed by atoms with E-state index in [2.05, 4.69) is 5.32 Å². The van der Waals surface area contributed by atoms with Crippen molar-refractivity contribution < 1.29 is 23.1 Å². The molecule has 2 N–H and O–H groups in total. The molecule has 8 heteroatoms. The minimum Gasteiger partial charge on any atom is -0.481 e. The summed E-state index contributed by atoms with van der Waals surface area (Å²) in [4.78, 5) is 22.3. The number of nitrogens with one attached hydrogen (secondary N) is 1. The average Bonchev–Trinajstić information content (AvgIpc) is 2.48. The Hall–Kier alpha value is -1.93. The summed E-state index contributed by atoms with van der Waals surface area (Å²) in [6, 6.07) is 5.57. The van der Waals surface area contributed by atoms with E-state index < -0.39 is 21.9 Å². The van der Waals surface area contributed by atoms with Crippen LogP contribution in [0.15, 0.2) is 29.2 Å². The fourth-order valence-corrected chi connectivity index (χ4v) is 3.33. The zero-order valence-electron chi connectivity index (χ0n) is 12.6. The van der Waals surface area contributed by atoms with Gasteiger partial charge in [-0.3, -0.25) is 9.59 Å². The molecule has 1 rings (SSSR count). The first-order valence-corrected chi connectivity index (χ1v) is 8.37. The third-order valence-corrected chi connectivity index (χ3v) is 5.15. The van der Waals surface area contributed by atoms with Crippen molar-refractivity contribution in [3.63, 3.8) is 0 Å². The second-order valence-corrected chi connectivity index (χ2v) is 6.45. The molecule has 1 aromatic rings. The molecule has 0 aliphatic rings. The highest BCUT2D eigenvalue weighted by atomic mass is 32.2. The number of sulfonamides is 1. The number of benzene rings is 1. The van der Waals surface area contributed by atoms with E-state index in [1.54, 1.807) is 13.8 Å². The maximum atomic E-state index is 12.3. The van der Waals surface area contributed by atoms with Gasteiger partial charge in [-0.15, -0.1) is 0 Å². The fourth-order valence-electron chi connectivity index (χ4n) is 1.88. The number of hydrogen-bond acceptors (Lipinski definition) is 4. The lowest BCUT2D eigenvalue weighted by atomic mass is 10.2.